The number of esters is 1. The number of carbonyl (C=O) groups is 2. The van der Waals surface area contributed by atoms with Crippen LogP contribution in [0.5, 0.6) is 0 Å². The topological polar surface area (TPSA) is 43.4 Å². The van der Waals surface area contributed by atoms with E-state index in [4.69, 9.17) is 4.74 Å². The molecule has 0 radical (unpaired) electrons. The highest BCUT2D eigenvalue weighted by Gasteiger charge is 2.12. The van der Waals surface area contributed by atoms with Crippen LogP contribution in [0.4, 0.5) is 4.39 Å². The van der Waals surface area contributed by atoms with Gasteiger partial charge in [0.15, 0.2) is 5.78 Å². The van der Waals surface area contributed by atoms with Crippen LogP contribution in [0.1, 0.15) is 37.0 Å². The van der Waals surface area contributed by atoms with E-state index in [9.17, 15) is 14.0 Å². The van der Waals surface area contributed by atoms with Crippen molar-refractivity contribution < 1.29 is 18.7 Å². The van der Waals surface area contributed by atoms with Gasteiger partial charge in [0.25, 0.3) is 0 Å². The van der Waals surface area contributed by atoms with Crippen LogP contribution in [0.15, 0.2) is 24.3 Å². The van der Waals surface area contributed by atoms with Crippen molar-refractivity contribution in [3.05, 3.63) is 35.6 Å². The van der Waals surface area contributed by atoms with Crippen LogP contribution in [0.2, 0.25) is 0 Å². The molecule has 0 fully saturated rings. The van der Waals surface area contributed by atoms with Crippen LogP contribution in [0.25, 0.3) is 0 Å². The third-order valence-electron chi connectivity index (χ3n) is 2.66. The van der Waals surface area contributed by atoms with Crippen molar-refractivity contribution in [3.63, 3.8) is 0 Å². The van der Waals surface area contributed by atoms with Crippen LogP contribution < -0.4 is 0 Å². The van der Waals surface area contributed by atoms with Crippen LogP contribution in [0.3, 0.4) is 0 Å². The van der Waals surface area contributed by atoms with Crippen LogP contribution >= 0.6 is 11.8 Å². The summed E-state index contributed by atoms with van der Waals surface area (Å²) in [6, 6.07) is 5.54. The summed E-state index contributed by atoms with van der Waals surface area (Å²) >= 11 is 1.56. The summed E-state index contributed by atoms with van der Waals surface area (Å²) in [6.07, 6.45) is 0.729. The van der Waals surface area contributed by atoms with Gasteiger partial charge in [0.2, 0.25) is 0 Å². The monoisotopic (exact) mass is 298 g/mol. The Kier molecular flexibility index (Phi) is 7.30. The normalized spacial score (nSPS) is 11.9. The van der Waals surface area contributed by atoms with Crippen LogP contribution in [0, 0.1) is 5.82 Å². The van der Waals surface area contributed by atoms with Crippen molar-refractivity contribution in [3.8, 4) is 0 Å². The number of ketones is 1. The first kappa shape index (κ1) is 16.7. The van der Waals surface area contributed by atoms with Gasteiger partial charge in [0.1, 0.15) is 5.82 Å². The lowest BCUT2D eigenvalue weighted by atomic mass is 10.1. The first-order chi connectivity index (χ1) is 9.52. The number of hydrogen-bond acceptors (Lipinski definition) is 4. The van der Waals surface area contributed by atoms with E-state index >= 15 is 0 Å². The molecule has 0 unspecified atom stereocenters. The van der Waals surface area contributed by atoms with E-state index in [2.05, 4.69) is 0 Å². The summed E-state index contributed by atoms with van der Waals surface area (Å²) in [7, 11) is 0. The summed E-state index contributed by atoms with van der Waals surface area (Å²) in [6.45, 7) is 4.10. The smallest absolute Gasteiger partial charge is 0.306 e. The molecule has 0 saturated carbocycles. The molecule has 0 aliphatic heterocycles. The van der Waals surface area contributed by atoms with E-state index in [1.54, 1.807) is 18.7 Å². The van der Waals surface area contributed by atoms with Gasteiger partial charge < -0.3 is 4.74 Å². The molecule has 1 aromatic rings. The number of thioether (sulfide) groups is 1. The van der Waals surface area contributed by atoms with Crippen molar-refractivity contribution in [2.24, 2.45) is 0 Å². The number of ether oxygens (including phenoxy) is 1. The Morgan fingerprint density at radius 3 is 2.55 bits per heavy atom. The molecule has 0 amide bonds. The van der Waals surface area contributed by atoms with E-state index < -0.39 is 0 Å². The molecular formula is C15H19FO3S. The fraction of sp³-hybridized carbons (Fsp3) is 0.467. The number of Topliss-reactive ketones (excluding diaryl/α,β-unsaturated/α-hetero) is 1. The number of rotatable bonds is 8. The maximum Gasteiger partial charge on any atom is 0.306 e. The molecule has 110 valence electrons. The first-order valence-electron chi connectivity index (χ1n) is 6.59. The van der Waals surface area contributed by atoms with E-state index in [-0.39, 0.29) is 22.8 Å². The van der Waals surface area contributed by atoms with Gasteiger partial charge in [0.05, 0.1) is 13.0 Å². The van der Waals surface area contributed by atoms with Crippen molar-refractivity contribution in [2.75, 3.05) is 12.4 Å². The molecule has 0 aliphatic rings. The second-order valence-electron chi connectivity index (χ2n) is 4.37. The van der Waals surface area contributed by atoms with Gasteiger partial charge in [-0.1, -0.05) is 6.92 Å². The zero-order valence-corrected chi connectivity index (χ0v) is 12.5. The Bertz CT molecular complexity index is 445. The lowest BCUT2D eigenvalue weighted by Gasteiger charge is -2.10. The Morgan fingerprint density at radius 2 is 1.95 bits per heavy atom. The summed E-state index contributed by atoms with van der Waals surface area (Å²) in [5, 5.41) is 0.120. The van der Waals surface area contributed by atoms with Crippen LogP contribution in [-0.2, 0) is 9.53 Å². The fourth-order valence-electron chi connectivity index (χ4n) is 1.65. The molecule has 0 saturated heterocycles. The second-order valence-corrected chi connectivity index (χ2v) is 5.92. The predicted octanol–water partition coefficient (Wildman–Crippen LogP) is 3.47. The van der Waals surface area contributed by atoms with Gasteiger partial charge in [0, 0.05) is 23.0 Å². The standard InChI is InChI=1S/C15H19FO3S/c1-3-19-15(18)10-11(2)20-9-8-14(17)12-4-6-13(16)7-5-12/h4-7,11H,3,8-10H2,1-2H3/t11-/m0/s1. The highest BCUT2D eigenvalue weighted by Crippen LogP contribution is 2.17. The van der Waals surface area contributed by atoms with E-state index in [1.165, 1.54) is 24.3 Å². The van der Waals surface area contributed by atoms with Crippen molar-refractivity contribution in [1.82, 2.24) is 0 Å². The molecule has 1 aromatic carbocycles. The van der Waals surface area contributed by atoms with E-state index in [0.29, 0.717) is 30.8 Å². The minimum Gasteiger partial charge on any atom is -0.466 e. The van der Waals surface area contributed by atoms with Gasteiger partial charge in [-0.2, -0.15) is 11.8 Å². The summed E-state index contributed by atoms with van der Waals surface area (Å²) in [5.74, 6) is 0.0636. The number of hydrogen-bond donors (Lipinski definition) is 0. The van der Waals surface area contributed by atoms with Crippen molar-refractivity contribution >= 4 is 23.5 Å². The molecule has 20 heavy (non-hydrogen) atoms. The minimum absolute atomic E-state index is 0.0131. The SMILES string of the molecule is CCOC(=O)C[C@H](C)SCCC(=O)c1ccc(F)cc1. The molecular weight excluding hydrogens is 279 g/mol. The molecule has 0 bridgehead atoms. The van der Waals surface area contributed by atoms with Gasteiger partial charge in [-0.3, -0.25) is 9.59 Å². The summed E-state index contributed by atoms with van der Waals surface area (Å²) < 4.78 is 17.6. The summed E-state index contributed by atoms with van der Waals surface area (Å²) in [5.41, 5.74) is 0.519. The first-order valence-corrected chi connectivity index (χ1v) is 7.63. The zero-order valence-electron chi connectivity index (χ0n) is 11.7. The maximum atomic E-state index is 12.7. The Labute approximate surface area is 122 Å². The van der Waals surface area contributed by atoms with Crippen LogP contribution in [-0.4, -0.2) is 29.4 Å². The molecule has 1 rings (SSSR count). The predicted molar refractivity (Wildman–Crippen MR) is 78.5 cm³/mol. The molecule has 3 nitrogen and oxygen atoms in total. The number of benzene rings is 1. The number of halogens is 1. The molecule has 0 spiro atoms. The third-order valence-corrected chi connectivity index (χ3v) is 3.83. The molecule has 0 heterocycles. The highest BCUT2D eigenvalue weighted by atomic mass is 32.2. The zero-order chi connectivity index (χ0) is 15.0. The van der Waals surface area contributed by atoms with Crippen molar-refractivity contribution in [2.45, 2.75) is 31.9 Å². The molecule has 5 heteroatoms. The van der Waals surface area contributed by atoms with Gasteiger partial charge >= 0.3 is 5.97 Å². The lowest BCUT2D eigenvalue weighted by molar-refractivity contribution is -0.142. The second kappa shape index (κ2) is 8.74. The van der Waals surface area contributed by atoms with Crippen molar-refractivity contribution in [1.29, 1.82) is 0 Å². The Morgan fingerprint density at radius 1 is 1.30 bits per heavy atom. The molecule has 0 aromatic heterocycles. The minimum atomic E-state index is -0.348. The average molecular weight is 298 g/mol. The molecule has 1 atom stereocenters. The van der Waals surface area contributed by atoms with Gasteiger partial charge in [-0.05, 0) is 31.2 Å². The molecule has 0 N–H and O–H groups in total. The van der Waals surface area contributed by atoms with E-state index in [0.717, 1.165) is 0 Å². The third kappa shape index (κ3) is 6.19. The quantitative estimate of drug-likeness (QED) is 0.544. The average Bonchev–Trinajstić information content (AvgIpc) is 2.39. The highest BCUT2D eigenvalue weighted by molar-refractivity contribution is 7.99. The Hall–Kier alpha value is -1.36. The van der Waals surface area contributed by atoms with E-state index in [1.807, 2.05) is 6.92 Å². The largest absolute Gasteiger partial charge is 0.466 e. The number of carbonyl (C=O) groups excluding carboxylic acids is 2. The molecule has 0 aliphatic carbocycles. The fourth-order valence-corrected chi connectivity index (χ4v) is 2.61. The maximum absolute atomic E-state index is 12.7. The van der Waals surface area contributed by atoms with Gasteiger partial charge in [-0.15, -0.1) is 0 Å². The lowest BCUT2D eigenvalue weighted by Crippen LogP contribution is -2.11. The summed E-state index contributed by atoms with van der Waals surface area (Å²) in [4.78, 5) is 23.1. The van der Waals surface area contributed by atoms with Gasteiger partial charge in [-0.25, -0.2) is 4.39 Å². The Balaban J connectivity index is 2.28.